The molecule has 0 saturated heterocycles. The molecule has 0 aliphatic carbocycles. The molecule has 0 saturated carbocycles. The van der Waals surface area contributed by atoms with E-state index in [1.165, 1.54) is 82.6 Å². The van der Waals surface area contributed by atoms with Crippen LogP contribution in [0.4, 0.5) is 0 Å². The van der Waals surface area contributed by atoms with Crippen LogP contribution in [0.15, 0.2) is 24.3 Å². The minimum absolute atomic E-state index is 0.245. The van der Waals surface area contributed by atoms with E-state index in [-0.39, 0.29) is 5.92 Å². The SMILES string of the molecule is C=CCCCCCCCCC.CC(C)=CCCC(C)CCCC(C)C=O. The molecule has 0 N–H and O–H groups in total. The van der Waals surface area contributed by atoms with Crippen molar-refractivity contribution >= 4 is 6.29 Å². The Labute approximate surface area is 165 Å². The quantitative estimate of drug-likeness (QED) is 0.152. The van der Waals surface area contributed by atoms with Crippen molar-refractivity contribution in [3.05, 3.63) is 24.3 Å². The number of allylic oxidation sites excluding steroid dienone is 3. The zero-order chi connectivity index (χ0) is 20.0. The van der Waals surface area contributed by atoms with E-state index < -0.39 is 0 Å². The molecule has 0 spiro atoms. The van der Waals surface area contributed by atoms with Crippen molar-refractivity contribution in [2.24, 2.45) is 11.8 Å². The molecular weight excluding hydrogens is 316 g/mol. The Bertz CT molecular complexity index is 325. The highest BCUT2D eigenvalue weighted by Gasteiger charge is 2.03. The molecule has 0 rings (SSSR count). The van der Waals surface area contributed by atoms with Gasteiger partial charge in [0.1, 0.15) is 6.29 Å². The molecule has 2 unspecified atom stereocenters. The Morgan fingerprint density at radius 1 is 0.846 bits per heavy atom. The maximum atomic E-state index is 10.4. The number of carbonyl (C=O) groups is 1. The maximum absolute atomic E-state index is 10.4. The van der Waals surface area contributed by atoms with Crippen LogP contribution >= 0.6 is 0 Å². The van der Waals surface area contributed by atoms with Crippen LogP contribution in [0.2, 0.25) is 0 Å². The molecule has 0 aliphatic heterocycles. The molecular formula is C25H48O. The van der Waals surface area contributed by atoms with Crippen LogP contribution in [0, 0.1) is 11.8 Å². The van der Waals surface area contributed by atoms with Crippen molar-refractivity contribution in [1.29, 1.82) is 0 Å². The van der Waals surface area contributed by atoms with Crippen LogP contribution in [-0.4, -0.2) is 6.29 Å². The van der Waals surface area contributed by atoms with Gasteiger partial charge in [-0.25, -0.2) is 0 Å². The van der Waals surface area contributed by atoms with Crippen molar-refractivity contribution in [1.82, 2.24) is 0 Å². The second kappa shape index (κ2) is 22.2. The van der Waals surface area contributed by atoms with Gasteiger partial charge in [0.25, 0.3) is 0 Å². The topological polar surface area (TPSA) is 17.1 Å². The number of hydrogen-bond acceptors (Lipinski definition) is 1. The molecule has 0 heterocycles. The second-order valence-corrected chi connectivity index (χ2v) is 8.21. The molecule has 1 heteroatoms. The highest BCUT2D eigenvalue weighted by Crippen LogP contribution is 2.16. The van der Waals surface area contributed by atoms with Crippen molar-refractivity contribution in [3.63, 3.8) is 0 Å². The summed E-state index contributed by atoms with van der Waals surface area (Å²) >= 11 is 0. The Hall–Kier alpha value is -0.850. The highest BCUT2D eigenvalue weighted by atomic mass is 16.1. The lowest BCUT2D eigenvalue weighted by Crippen LogP contribution is -1.99. The largest absolute Gasteiger partial charge is 0.303 e. The molecule has 1 nitrogen and oxygen atoms in total. The second-order valence-electron chi connectivity index (χ2n) is 8.21. The fourth-order valence-corrected chi connectivity index (χ4v) is 2.90. The third kappa shape index (κ3) is 25.4. The van der Waals surface area contributed by atoms with E-state index in [1.54, 1.807) is 0 Å². The fourth-order valence-electron chi connectivity index (χ4n) is 2.90. The van der Waals surface area contributed by atoms with Crippen LogP contribution < -0.4 is 0 Å². The first-order valence-corrected chi connectivity index (χ1v) is 11.2. The summed E-state index contributed by atoms with van der Waals surface area (Å²) in [6.45, 7) is 14.6. The molecule has 154 valence electrons. The Morgan fingerprint density at radius 3 is 2.00 bits per heavy atom. The summed E-state index contributed by atoms with van der Waals surface area (Å²) in [6, 6.07) is 0. The van der Waals surface area contributed by atoms with Gasteiger partial charge in [0, 0.05) is 5.92 Å². The summed E-state index contributed by atoms with van der Waals surface area (Å²) in [4.78, 5) is 10.4. The number of unbranched alkanes of at least 4 members (excludes halogenated alkanes) is 7. The van der Waals surface area contributed by atoms with E-state index in [4.69, 9.17) is 0 Å². The van der Waals surface area contributed by atoms with Crippen molar-refractivity contribution in [3.8, 4) is 0 Å². The monoisotopic (exact) mass is 364 g/mol. The first kappa shape index (κ1) is 27.4. The average Bonchev–Trinajstić information content (AvgIpc) is 2.61. The normalized spacial score (nSPS) is 12.5. The van der Waals surface area contributed by atoms with Gasteiger partial charge in [-0.3, -0.25) is 0 Å². The van der Waals surface area contributed by atoms with Crippen molar-refractivity contribution in [2.45, 2.75) is 118 Å². The Kier molecular flexibility index (Phi) is 23.4. The smallest absolute Gasteiger partial charge is 0.122 e. The third-order valence-electron chi connectivity index (χ3n) is 4.81. The molecule has 26 heavy (non-hydrogen) atoms. The summed E-state index contributed by atoms with van der Waals surface area (Å²) in [7, 11) is 0. The third-order valence-corrected chi connectivity index (χ3v) is 4.81. The van der Waals surface area contributed by atoms with Crippen molar-refractivity contribution < 1.29 is 4.79 Å². The standard InChI is InChI=1S/C14H26O.C11H22/c1-12(2)7-5-8-13(3)9-6-10-14(4)11-15;1-3-5-7-9-11-10-8-6-4-2/h7,11,13-14H,5-6,8-10H2,1-4H3;3H,1,4-11H2,2H3. The Morgan fingerprint density at radius 2 is 1.46 bits per heavy atom. The van der Waals surface area contributed by atoms with Gasteiger partial charge in [0.05, 0.1) is 0 Å². The molecule has 0 fully saturated rings. The van der Waals surface area contributed by atoms with Crippen LogP contribution in [0.1, 0.15) is 118 Å². The predicted molar refractivity (Wildman–Crippen MR) is 120 cm³/mol. The van der Waals surface area contributed by atoms with E-state index in [0.717, 1.165) is 18.6 Å². The molecule has 0 amide bonds. The highest BCUT2D eigenvalue weighted by molar-refractivity contribution is 5.52. The lowest BCUT2D eigenvalue weighted by atomic mass is 9.95. The first-order chi connectivity index (χ1) is 12.5. The molecule has 0 aromatic heterocycles. The number of aldehydes is 1. The van der Waals surface area contributed by atoms with Gasteiger partial charge in [-0.05, 0) is 51.9 Å². The van der Waals surface area contributed by atoms with Crippen LogP contribution in [0.3, 0.4) is 0 Å². The van der Waals surface area contributed by atoms with Gasteiger partial charge >= 0.3 is 0 Å². The minimum atomic E-state index is 0.245. The van der Waals surface area contributed by atoms with Crippen LogP contribution in [0.25, 0.3) is 0 Å². The zero-order valence-electron chi connectivity index (χ0n) is 18.7. The number of hydrogen-bond donors (Lipinski definition) is 0. The molecule has 0 radical (unpaired) electrons. The van der Waals surface area contributed by atoms with E-state index in [1.807, 2.05) is 13.0 Å². The predicted octanol–water partition coefficient (Wildman–Crippen LogP) is 8.69. The lowest BCUT2D eigenvalue weighted by molar-refractivity contribution is -0.110. The molecule has 2 atom stereocenters. The first-order valence-electron chi connectivity index (χ1n) is 11.2. The summed E-state index contributed by atoms with van der Waals surface area (Å²) in [5.74, 6) is 1.04. The molecule has 0 aromatic rings. The van der Waals surface area contributed by atoms with E-state index in [0.29, 0.717) is 0 Å². The zero-order valence-corrected chi connectivity index (χ0v) is 18.7. The molecule has 0 bridgehead atoms. The van der Waals surface area contributed by atoms with Gasteiger partial charge < -0.3 is 4.79 Å². The lowest BCUT2D eigenvalue weighted by Gasteiger charge is -2.10. The average molecular weight is 365 g/mol. The van der Waals surface area contributed by atoms with Gasteiger partial charge in [-0.15, -0.1) is 6.58 Å². The fraction of sp³-hybridized carbons (Fsp3) is 0.800. The minimum Gasteiger partial charge on any atom is -0.303 e. The van der Waals surface area contributed by atoms with E-state index in [2.05, 4.69) is 40.3 Å². The van der Waals surface area contributed by atoms with Crippen LogP contribution in [-0.2, 0) is 4.79 Å². The summed E-state index contributed by atoms with van der Waals surface area (Å²) in [5.41, 5.74) is 1.41. The van der Waals surface area contributed by atoms with Gasteiger partial charge in [-0.1, -0.05) is 89.9 Å². The van der Waals surface area contributed by atoms with Crippen LogP contribution in [0.5, 0.6) is 0 Å². The molecule has 0 aromatic carbocycles. The summed E-state index contributed by atoms with van der Waals surface area (Å²) < 4.78 is 0. The molecule has 0 aliphatic rings. The van der Waals surface area contributed by atoms with Gasteiger partial charge in [0.15, 0.2) is 0 Å². The number of rotatable bonds is 16. The summed E-state index contributed by atoms with van der Waals surface area (Å²) in [6.07, 6.45) is 22.4. The van der Waals surface area contributed by atoms with E-state index >= 15 is 0 Å². The maximum Gasteiger partial charge on any atom is 0.122 e. The van der Waals surface area contributed by atoms with Gasteiger partial charge in [-0.2, -0.15) is 0 Å². The number of carbonyl (C=O) groups excluding carboxylic acids is 1. The summed E-state index contributed by atoms with van der Waals surface area (Å²) in [5, 5.41) is 0. The van der Waals surface area contributed by atoms with E-state index in [9.17, 15) is 4.79 Å². The van der Waals surface area contributed by atoms with Gasteiger partial charge in [0.2, 0.25) is 0 Å². The van der Waals surface area contributed by atoms with Crippen molar-refractivity contribution in [2.75, 3.05) is 0 Å². The Balaban J connectivity index is 0.